The second-order valence-corrected chi connectivity index (χ2v) is 7.54. The van der Waals surface area contributed by atoms with Crippen LogP contribution in [0.2, 0.25) is 0 Å². The minimum Gasteiger partial charge on any atom is -0.493 e. The molecular weight excluding hydrogens is 448 g/mol. The summed E-state index contributed by atoms with van der Waals surface area (Å²) in [5.41, 5.74) is 0. The molecule has 0 unspecified atom stereocenters. The zero-order chi connectivity index (χ0) is 24.3. The average molecular weight is 478 g/mol. The van der Waals surface area contributed by atoms with Crippen molar-refractivity contribution in [3.63, 3.8) is 0 Å². The van der Waals surface area contributed by atoms with Gasteiger partial charge in [-0.3, -0.25) is 0 Å². The molecule has 9 atom stereocenters. The number of aliphatic hydroxyl groups excluding tert-OH is 6. The number of hydrogen-bond donors (Lipinski definition) is 6. The first-order valence-electron chi connectivity index (χ1n) is 10.2. The van der Waals surface area contributed by atoms with E-state index < -0.39 is 61.9 Å². The highest BCUT2D eigenvalue weighted by molar-refractivity contribution is 5.55. The fourth-order valence-corrected chi connectivity index (χ4v) is 3.61. The topological polar surface area (TPSA) is 186 Å². The maximum atomic E-state index is 10.6. The first kappa shape index (κ1) is 25.7. The van der Waals surface area contributed by atoms with Crippen LogP contribution in [-0.4, -0.2) is 120 Å². The third-order valence-corrected chi connectivity index (χ3v) is 5.46. The van der Waals surface area contributed by atoms with E-state index in [1.165, 1.54) is 33.5 Å². The van der Waals surface area contributed by atoms with Gasteiger partial charge in [-0.15, -0.1) is 0 Å². The lowest BCUT2D eigenvalue weighted by molar-refractivity contribution is -0.344. The molecule has 2 fully saturated rings. The molecule has 0 radical (unpaired) electrons. The summed E-state index contributed by atoms with van der Waals surface area (Å²) in [5, 5.41) is 60.2. The summed E-state index contributed by atoms with van der Waals surface area (Å²) in [7, 11) is 4.25. The largest absolute Gasteiger partial charge is 0.493 e. The summed E-state index contributed by atoms with van der Waals surface area (Å²) in [6, 6.07) is 2.92. The van der Waals surface area contributed by atoms with Crippen LogP contribution in [0, 0.1) is 0 Å². The van der Waals surface area contributed by atoms with E-state index in [4.69, 9.17) is 33.2 Å². The lowest BCUT2D eigenvalue weighted by Crippen LogP contribution is -2.63. The first-order valence-corrected chi connectivity index (χ1v) is 10.2. The van der Waals surface area contributed by atoms with Crippen LogP contribution < -0.4 is 18.9 Å². The Hall–Kier alpha value is -1.94. The van der Waals surface area contributed by atoms with Gasteiger partial charge in [-0.2, -0.15) is 0 Å². The second-order valence-electron chi connectivity index (χ2n) is 7.54. The van der Waals surface area contributed by atoms with Gasteiger partial charge in [0.25, 0.3) is 0 Å². The zero-order valence-corrected chi connectivity index (χ0v) is 18.3. The molecule has 2 heterocycles. The Balaban J connectivity index is 1.88. The first-order chi connectivity index (χ1) is 15.7. The van der Waals surface area contributed by atoms with E-state index in [0.29, 0.717) is 5.75 Å². The van der Waals surface area contributed by atoms with E-state index in [2.05, 4.69) is 0 Å². The zero-order valence-electron chi connectivity index (χ0n) is 18.3. The van der Waals surface area contributed by atoms with Crippen LogP contribution in [0.25, 0.3) is 0 Å². The number of ether oxygens (including phenoxy) is 7. The molecule has 0 bridgehead atoms. The Kier molecular flexibility index (Phi) is 8.55. The summed E-state index contributed by atoms with van der Waals surface area (Å²) in [6.45, 7) is -0.972. The predicted octanol–water partition coefficient (Wildman–Crippen LogP) is -2.65. The molecule has 2 aliphatic rings. The van der Waals surface area contributed by atoms with Crippen molar-refractivity contribution >= 4 is 0 Å². The lowest BCUT2D eigenvalue weighted by Gasteiger charge is -2.44. The minimum atomic E-state index is -1.66. The van der Waals surface area contributed by atoms with Crippen molar-refractivity contribution in [2.24, 2.45) is 0 Å². The van der Waals surface area contributed by atoms with Gasteiger partial charge in [0.1, 0.15) is 42.4 Å². The van der Waals surface area contributed by atoms with Gasteiger partial charge in [0, 0.05) is 12.1 Å². The Morgan fingerprint density at radius 2 is 1.48 bits per heavy atom. The summed E-state index contributed by atoms with van der Waals surface area (Å²) in [6.07, 6.45) is -13.3. The van der Waals surface area contributed by atoms with Gasteiger partial charge < -0.3 is 63.8 Å². The van der Waals surface area contributed by atoms with Gasteiger partial charge in [-0.25, -0.2) is 0 Å². The monoisotopic (exact) mass is 478 g/mol. The van der Waals surface area contributed by atoms with Gasteiger partial charge in [0.15, 0.2) is 23.9 Å². The van der Waals surface area contributed by atoms with Crippen molar-refractivity contribution in [3.05, 3.63) is 12.1 Å². The summed E-state index contributed by atoms with van der Waals surface area (Å²) < 4.78 is 38.1. The van der Waals surface area contributed by atoms with Crippen molar-refractivity contribution in [1.82, 2.24) is 0 Å². The van der Waals surface area contributed by atoms with Crippen LogP contribution in [0.5, 0.6) is 23.0 Å². The molecule has 0 saturated carbocycles. The number of benzene rings is 1. The van der Waals surface area contributed by atoms with Crippen LogP contribution in [0.15, 0.2) is 12.1 Å². The molecule has 2 saturated heterocycles. The standard InChI is InChI=1S/C20H30O13/c1-27-10-4-8(5-11(28-2)17(10)29-3)31-20-18(15(25)14(24)12(6-21)32-20)33-19-16(26)13(23)9(22)7-30-19/h4-5,9,12-16,18-26H,6-7H2,1-3H3/t9-,12+,13+,14+,15-,16-,18+,19+,20+/m1/s1. The molecule has 6 N–H and O–H groups in total. The molecule has 188 valence electrons. The van der Waals surface area contributed by atoms with Crippen LogP contribution in [-0.2, 0) is 14.2 Å². The van der Waals surface area contributed by atoms with Gasteiger partial charge in [0.2, 0.25) is 12.0 Å². The van der Waals surface area contributed by atoms with E-state index in [-0.39, 0.29) is 23.9 Å². The Morgan fingerprint density at radius 1 is 0.848 bits per heavy atom. The van der Waals surface area contributed by atoms with E-state index in [1.807, 2.05) is 0 Å². The minimum absolute atomic E-state index is 0.143. The Bertz CT molecular complexity index is 751. The van der Waals surface area contributed by atoms with Crippen LogP contribution >= 0.6 is 0 Å². The number of methoxy groups -OCH3 is 3. The summed E-state index contributed by atoms with van der Waals surface area (Å²) >= 11 is 0. The molecule has 33 heavy (non-hydrogen) atoms. The second kappa shape index (κ2) is 11.0. The van der Waals surface area contributed by atoms with E-state index in [0.717, 1.165) is 0 Å². The third kappa shape index (κ3) is 5.26. The quantitative estimate of drug-likeness (QED) is 0.228. The molecule has 0 aliphatic carbocycles. The highest BCUT2D eigenvalue weighted by atomic mass is 16.8. The Labute approximate surface area is 189 Å². The van der Waals surface area contributed by atoms with Crippen molar-refractivity contribution in [1.29, 1.82) is 0 Å². The predicted molar refractivity (Wildman–Crippen MR) is 107 cm³/mol. The summed E-state index contributed by atoms with van der Waals surface area (Å²) in [4.78, 5) is 0. The molecule has 3 rings (SSSR count). The fraction of sp³-hybridized carbons (Fsp3) is 0.700. The maximum Gasteiger partial charge on any atom is 0.229 e. The van der Waals surface area contributed by atoms with Gasteiger partial charge in [0.05, 0.1) is 34.5 Å². The van der Waals surface area contributed by atoms with Crippen LogP contribution in [0.4, 0.5) is 0 Å². The van der Waals surface area contributed by atoms with Crippen LogP contribution in [0.3, 0.4) is 0 Å². The molecule has 0 aromatic heterocycles. The molecule has 0 spiro atoms. The average Bonchev–Trinajstić information content (AvgIpc) is 2.82. The molecule has 2 aliphatic heterocycles. The molecule has 1 aromatic rings. The van der Waals surface area contributed by atoms with Gasteiger partial charge in [-0.05, 0) is 0 Å². The van der Waals surface area contributed by atoms with Crippen LogP contribution in [0.1, 0.15) is 0 Å². The van der Waals surface area contributed by atoms with E-state index in [1.54, 1.807) is 0 Å². The third-order valence-electron chi connectivity index (χ3n) is 5.46. The molecule has 13 heteroatoms. The van der Waals surface area contributed by atoms with Crippen molar-refractivity contribution in [2.75, 3.05) is 34.5 Å². The number of aliphatic hydroxyl groups is 6. The highest BCUT2D eigenvalue weighted by Gasteiger charge is 2.49. The lowest BCUT2D eigenvalue weighted by atomic mass is 9.98. The summed E-state index contributed by atoms with van der Waals surface area (Å²) in [5.74, 6) is 0.980. The number of hydrogen-bond acceptors (Lipinski definition) is 13. The normalized spacial score (nSPS) is 36.8. The number of rotatable bonds is 8. The van der Waals surface area contributed by atoms with Crippen molar-refractivity contribution in [3.8, 4) is 23.0 Å². The van der Waals surface area contributed by atoms with E-state index in [9.17, 15) is 30.6 Å². The van der Waals surface area contributed by atoms with E-state index >= 15 is 0 Å². The fourth-order valence-electron chi connectivity index (χ4n) is 3.61. The van der Waals surface area contributed by atoms with Gasteiger partial charge >= 0.3 is 0 Å². The SMILES string of the molecule is COc1cc(O[C@H]2O[C@@H](CO)[C@H](O)[C@@H](O)[C@@H]2O[C@@H]2OC[C@@H](O)[C@H](O)[C@H]2O)cc(OC)c1OC. The van der Waals surface area contributed by atoms with Crippen molar-refractivity contribution < 1.29 is 63.8 Å². The smallest absolute Gasteiger partial charge is 0.229 e. The van der Waals surface area contributed by atoms with Gasteiger partial charge in [-0.1, -0.05) is 0 Å². The van der Waals surface area contributed by atoms with Crippen molar-refractivity contribution in [2.45, 2.75) is 55.3 Å². The maximum absolute atomic E-state index is 10.6. The Morgan fingerprint density at radius 3 is 2.03 bits per heavy atom. The highest BCUT2D eigenvalue weighted by Crippen LogP contribution is 2.41. The molecule has 1 aromatic carbocycles. The molecule has 0 amide bonds. The molecular formula is C20H30O13. The molecule has 13 nitrogen and oxygen atoms in total.